The fraction of sp³-hybridized carbons (Fsp3) is 0.765. The van der Waals surface area contributed by atoms with Gasteiger partial charge in [-0.3, -0.25) is 4.90 Å². The van der Waals surface area contributed by atoms with Crippen molar-refractivity contribution in [3.8, 4) is 6.07 Å². The molecule has 1 fully saturated rings. The van der Waals surface area contributed by atoms with E-state index in [1.54, 1.807) is 5.51 Å². The number of likely N-dealkylation sites (tertiary alicyclic amines) is 1. The SMILES string of the molecule is CC(C)(C)[Si](C)(C)OCc1ncsc1C(C#N)N1CCC(F)(F)CC1. The normalized spacial score (nSPS) is 20.2. The second-order valence-electron chi connectivity index (χ2n) is 8.14. The zero-order valence-electron chi connectivity index (χ0n) is 15.6. The molecule has 1 unspecified atom stereocenters. The summed E-state index contributed by atoms with van der Waals surface area (Å²) >= 11 is 1.41. The van der Waals surface area contributed by atoms with E-state index in [9.17, 15) is 14.0 Å². The first-order chi connectivity index (χ1) is 11.5. The van der Waals surface area contributed by atoms with Crippen molar-refractivity contribution >= 4 is 19.7 Å². The van der Waals surface area contributed by atoms with Crippen molar-refractivity contribution in [2.75, 3.05) is 13.1 Å². The number of rotatable bonds is 5. The van der Waals surface area contributed by atoms with Gasteiger partial charge < -0.3 is 4.43 Å². The Hall–Kier alpha value is -0.883. The third-order valence-corrected chi connectivity index (χ3v) is 10.7. The molecule has 25 heavy (non-hydrogen) atoms. The molecule has 0 spiro atoms. The fourth-order valence-corrected chi connectivity index (χ4v) is 4.29. The van der Waals surface area contributed by atoms with Gasteiger partial charge in [-0.2, -0.15) is 5.26 Å². The van der Waals surface area contributed by atoms with Crippen LogP contribution in [0.3, 0.4) is 0 Å². The predicted octanol–water partition coefficient (Wildman–Crippen LogP) is 4.96. The number of thiazole rings is 1. The van der Waals surface area contributed by atoms with Crippen LogP contribution >= 0.6 is 11.3 Å². The smallest absolute Gasteiger partial charge is 0.250 e. The molecule has 1 aliphatic heterocycles. The highest BCUT2D eigenvalue weighted by Crippen LogP contribution is 2.38. The molecule has 2 rings (SSSR count). The van der Waals surface area contributed by atoms with Crippen LogP contribution in [-0.4, -0.2) is 37.2 Å². The van der Waals surface area contributed by atoms with Gasteiger partial charge in [0.1, 0.15) is 6.04 Å². The van der Waals surface area contributed by atoms with E-state index in [0.717, 1.165) is 10.6 Å². The molecular weight excluding hydrogens is 360 g/mol. The standard InChI is InChI=1S/C17H27F2N3OSSi/c1-16(2,3)25(4,5)23-11-13-15(24-12-21-13)14(10-20)22-8-6-17(18,19)7-9-22/h12,14H,6-9,11H2,1-5H3. The van der Waals surface area contributed by atoms with Crippen molar-refractivity contribution in [2.45, 2.75) is 70.3 Å². The quantitative estimate of drug-likeness (QED) is 0.670. The Labute approximate surface area is 153 Å². The zero-order valence-corrected chi connectivity index (χ0v) is 17.4. The highest BCUT2D eigenvalue weighted by molar-refractivity contribution is 7.09. The topological polar surface area (TPSA) is 49.1 Å². The molecule has 140 valence electrons. The second-order valence-corrected chi connectivity index (χ2v) is 13.8. The Morgan fingerprint density at radius 3 is 2.52 bits per heavy atom. The minimum Gasteiger partial charge on any atom is -0.411 e. The summed E-state index contributed by atoms with van der Waals surface area (Å²) in [4.78, 5) is 7.04. The van der Waals surface area contributed by atoms with Gasteiger partial charge in [-0.15, -0.1) is 11.3 Å². The fourth-order valence-electron chi connectivity index (χ4n) is 2.49. The molecule has 0 N–H and O–H groups in total. The van der Waals surface area contributed by atoms with Crippen LogP contribution in [0.4, 0.5) is 8.78 Å². The molecule has 4 nitrogen and oxygen atoms in total. The first-order valence-electron chi connectivity index (χ1n) is 8.54. The number of hydrogen-bond donors (Lipinski definition) is 0. The summed E-state index contributed by atoms with van der Waals surface area (Å²) < 4.78 is 33.0. The Balaban J connectivity index is 2.10. The van der Waals surface area contributed by atoms with Crippen molar-refractivity contribution in [3.05, 3.63) is 16.1 Å². The number of halogens is 2. The van der Waals surface area contributed by atoms with Gasteiger partial charge in [-0.1, -0.05) is 20.8 Å². The molecule has 8 heteroatoms. The van der Waals surface area contributed by atoms with Gasteiger partial charge in [0.15, 0.2) is 8.32 Å². The molecule has 1 saturated heterocycles. The summed E-state index contributed by atoms with van der Waals surface area (Å²) in [6.45, 7) is 11.7. The van der Waals surface area contributed by atoms with E-state index in [1.165, 1.54) is 11.3 Å². The van der Waals surface area contributed by atoms with E-state index in [0.29, 0.717) is 6.61 Å². The lowest BCUT2D eigenvalue weighted by atomic mass is 10.0. The molecular formula is C17H27F2N3OSSi. The molecule has 0 bridgehead atoms. The monoisotopic (exact) mass is 387 g/mol. The lowest BCUT2D eigenvalue weighted by molar-refractivity contribution is -0.0593. The molecule has 0 aliphatic carbocycles. The Morgan fingerprint density at radius 1 is 1.40 bits per heavy atom. The van der Waals surface area contributed by atoms with Gasteiger partial charge in [0.05, 0.1) is 28.8 Å². The molecule has 0 saturated carbocycles. The zero-order chi connectivity index (χ0) is 18.9. The number of nitrogens with zero attached hydrogens (tertiary/aromatic N) is 3. The summed E-state index contributed by atoms with van der Waals surface area (Å²) in [6, 6.07) is 1.75. The second kappa shape index (κ2) is 7.39. The average Bonchev–Trinajstić information content (AvgIpc) is 2.95. The van der Waals surface area contributed by atoms with Gasteiger partial charge in [0, 0.05) is 25.9 Å². The summed E-state index contributed by atoms with van der Waals surface area (Å²) in [5.74, 6) is -2.61. The first kappa shape index (κ1) is 20.4. The maximum Gasteiger partial charge on any atom is 0.250 e. The molecule has 2 heterocycles. The van der Waals surface area contributed by atoms with E-state index in [4.69, 9.17) is 4.43 Å². The minimum absolute atomic E-state index is 0.0935. The van der Waals surface area contributed by atoms with E-state index >= 15 is 0 Å². The molecule has 1 aromatic heterocycles. The lowest BCUT2D eigenvalue weighted by Gasteiger charge is -2.36. The van der Waals surface area contributed by atoms with Crippen molar-refractivity contribution in [2.24, 2.45) is 0 Å². The van der Waals surface area contributed by atoms with E-state index in [-0.39, 0.29) is 31.0 Å². The van der Waals surface area contributed by atoms with Crippen LogP contribution < -0.4 is 0 Å². The lowest BCUT2D eigenvalue weighted by Crippen LogP contribution is -2.41. The highest BCUT2D eigenvalue weighted by atomic mass is 32.1. The highest BCUT2D eigenvalue weighted by Gasteiger charge is 2.39. The van der Waals surface area contributed by atoms with Crippen molar-refractivity contribution in [1.29, 1.82) is 5.26 Å². The van der Waals surface area contributed by atoms with Gasteiger partial charge in [0.2, 0.25) is 0 Å². The number of alkyl halides is 2. The van der Waals surface area contributed by atoms with Crippen LogP contribution in [-0.2, 0) is 11.0 Å². The van der Waals surface area contributed by atoms with Gasteiger partial charge >= 0.3 is 0 Å². The van der Waals surface area contributed by atoms with Crippen LogP contribution in [0.5, 0.6) is 0 Å². The molecule has 0 aromatic carbocycles. The van der Waals surface area contributed by atoms with Crippen molar-refractivity contribution in [3.63, 3.8) is 0 Å². The van der Waals surface area contributed by atoms with Crippen LogP contribution in [0.15, 0.2) is 5.51 Å². The van der Waals surface area contributed by atoms with Crippen LogP contribution in [0.2, 0.25) is 18.1 Å². The Morgan fingerprint density at radius 2 is 2.00 bits per heavy atom. The van der Waals surface area contributed by atoms with E-state index in [2.05, 4.69) is 44.9 Å². The summed E-state index contributed by atoms with van der Waals surface area (Å²) in [5, 5.41) is 9.72. The van der Waals surface area contributed by atoms with Crippen LogP contribution in [0, 0.1) is 11.3 Å². The third-order valence-electron chi connectivity index (χ3n) is 5.31. The predicted molar refractivity (Wildman–Crippen MR) is 98.2 cm³/mol. The average molecular weight is 388 g/mol. The van der Waals surface area contributed by atoms with Gasteiger partial charge in [-0.05, 0) is 18.1 Å². The van der Waals surface area contributed by atoms with Gasteiger partial charge in [-0.25, -0.2) is 13.8 Å². The molecule has 0 radical (unpaired) electrons. The Bertz CT molecular complexity index is 627. The summed E-state index contributed by atoms with van der Waals surface area (Å²) in [7, 11) is -1.92. The van der Waals surface area contributed by atoms with Crippen LogP contribution in [0.1, 0.15) is 50.2 Å². The molecule has 1 atom stereocenters. The first-order valence-corrected chi connectivity index (χ1v) is 12.3. The van der Waals surface area contributed by atoms with Crippen molar-refractivity contribution in [1.82, 2.24) is 9.88 Å². The van der Waals surface area contributed by atoms with Gasteiger partial charge in [0.25, 0.3) is 5.92 Å². The van der Waals surface area contributed by atoms with Crippen molar-refractivity contribution < 1.29 is 13.2 Å². The molecule has 0 amide bonds. The Kier molecular flexibility index (Phi) is 6.04. The molecule has 1 aliphatic rings. The molecule has 1 aromatic rings. The number of aromatic nitrogens is 1. The van der Waals surface area contributed by atoms with E-state index < -0.39 is 20.3 Å². The van der Waals surface area contributed by atoms with E-state index in [1.807, 2.05) is 4.90 Å². The number of nitriles is 1. The summed E-state index contributed by atoms with van der Waals surface area (Å²) in [6.07, 6.45) is -0.389. The largest absolute Gasteiger partial charge is 0.411 e. The van der Waals surface area contributed by atoms with Crippen LogP contribution in [0.25, 0.3) is 0 Å². The third kappa shape index (κ3) is 4.85. The number of hydrogen-bond acceptors (Lipinski definition) is 5. The minimum atomic E-state index is -2.61. The maximum absolute atomic E-state index is 13.4. The number of piperidine rings is 1. The summed E-state index contributed by atoms with van der Waals surface area (Å²) in [5.41, 5.74) is 2.47. The maximum atomic E-state index is 13.4.